The Kier molecular flexibility index (Phi) is 3.79. The van der Waals surface area contributed by atoms with Crippen molar-refractivity contribution >= 4 is 39.9 Å². The molecule has 3 rings (SSSR count). The van der Waals surface area contributed by atoms with Gasteiger partial charge in [0, 0.05) is 22.0 Å². The third-order valence-electron chi connectivity index (χ3n) is 3.07. The van der Waals surface area contributed by atoms with Crippen molar-refractivity contribution in [2.45, 2.75) is 6.92 Å². The zero-order valence-corrected chi connectivity index (χ0v) is 12.4. The largest absolute Gasteiger partial charge is 0.322 e. The van der Waals surface area contributed by atoms with Gasteiger partial charge in [0.05, 0.1) is 11.2 Å². The van der Waals surface area contributed by atoms with Crippen molar-refractivity contribution < 1.29 is 4.79 Å². The highest BCUT2D eigenvalue weighted by Crippen LogP contribution is 2.22. The van der Waals surface area contributed by atoms with Crippen LogP contribution in [0.4, 0.5) is 5.69 Å². The van der Waals surface area contributed by atoms with E-state index in [0.29, 0.717) is 0 Å². The lowest BCUT2D eigenvalue weighted by Gasteiger charge is -2.07. The SMILES string of the molecule is Cc1ccc2c(NC(=O)/C=C/c3cccs3)cccc2n1. The van der Waals surface area contributed by atoms with Gasteiger partial charge in [0.25, 0.3) is 0 Å². The van der Waals surface area contributed by atoms with Crippen LogP contribution in [0.15, 0.2) is 53.9 Å². The Hall–Kier alpha value is -2.46. The molecule has 1 N–H and O–H groups in total. The predicted octanol–water partition coefficient (Wildman–Crippen LogP) is 4.26. The van der Waals surface area contributed by atoms with E-state index < -0.39 is 0 Å². The minimum absolute atomic E-state index is 0.142. The first-order valence-corrected chi connectivity index (χ1v) is 7.49. The minimum atomic E-state index is -0.142. The van der Waals surface area contributed by atoms with Crippen LogP contribution >= 0.6 is 11.3 Å². The summed E-state index contributed by atoms with van der Waals surface area (Å²) < 4.78 is 0. The van der Waals surface area contributed by atoms with Gasteiger partial charge in [-0.2, -0.15) is 0 Å². The monoisotopic (exact) mass is 294 g/mol. The number of carbonyl (C=O) groups excluding carboxylic acids is 1. The van der Waals surface area contributed by atoms with Crippen LogP contribution in [0.25, 0.3) is 17.0 Å². The second-order valence-corrected chi connectivity index (χ2v) is 5.64. The Bertz CT molecular complexity index is 807. The van der Waals surface area contributed by atoms with E-state index in [0.717, 1.165) is 27.2 Å². The molecule has 0 bridgehead atoms. The molecule has 0 aliphatic carbocycles. The number of rotatable bonds is 3. The maximum absolute atomic E-state index is 12.0. The van der Waals surface area contributed by atoms with Crippen LogP contribution in [0.2, 0.25) is 0 Å². The number of nitrogens with one attached hydrogen (secondary N) is 1. The van der Waals surface area contributed by atoms with Gasteiger partial charge in [0.2, 0.25) is 5.91 Å². The van der Waals surface area contributed by atoms with Gasteiger partial charge in [-0.15, -0.1) is 11.3 Å². The third-order valence-corrected chi connectivity index (χ3v) is 3.91. The number of pyridine rings is 1. The van der Waals surface area contributed by atoms with E-state index in [9.17, 15) is 4.79 Å². The Morgan fingerprint density at radius 1 is 1.19 bits per heavy atom. The topological polar surface area (TPSA) is 42.0 Å². The molecule has 2 aromatic heterocycles. The molecule has 4 heteroatoms. The average Bonchev–Trinajstić information content (AvgIpc) is 2.98. The molecule has 21 heavy (non-hydrogen) atoms. The van der Waals surface area contributed by atoms with Crippen LogP contribution in [0.5, 0.6) is 0 Å². The zero-order valence-electron chi connectivity index (χ0n) is 11.5. The molecule has 0 saturated heterocycles. The number of carbonyl (C=O) groups is 1. The summed E-state index contributed by atoms with van der Waals surface area (Å²) in [5, 5.41) is 5.83. The first-order chi connectivity index (χ1) is 10.2. The molecular weight excluding hydrogens is 280 g/mol. The predicted molar refractivity (Wildman–Crippen MR) is 88.5 cm³/mol. The van der Waals surface area contributed by atoms with Crippen molar-refractivity contribution in [3.63, 3.8) is 0 Å². The van der Waals surface area contributed by atoms with Crippen LogP contribution in [-0.4, -0.2) is 10.9 Å². The lowest BCUT2D eigenvalue weighted by molar-refractivity contribution is -0.111. The lowest BCUT2D eigenvalue weighted by Crippen LogP contribution is -2.08. The summed E-state index contributed by atoms with van der Waals surface area (Å²) in [6, 6.07) is 13.6. The third kappa shape index (κ3) is 3.17. The molecule has 1 aromatic carbocycles. The summed E-state index contributed by atoms with van der Waals surface area (Å²) in [5.74, 6) is -0.142. The van der Waals surface area contributed by atoms with E-state index in [-0.39, 0.29) is 5.91 Å². The number of hydrogen-bond acceptors (Lipinski definition) is 3. The molecule has 0 saturated carbocycles. The van der Waals surface area contributed by atoms with Crippen LogP contribution in [0.1, 0.15) is 10.6 Å². The molecule has 0 aliphatic heterocycles. The molecule has 104 valence electrons. The molecule has 0 radical (unpaired) electrons. The summed E-state index contributed by atoms with van der Waals surface area (Å²) in [4.78, 5) is 17.5. The van der Waals surface area contributed by atoms with E-state index in [2.05, 4.69) is 10.3 Å². The second kappa shape index (κ2) is 5.89. The first kappa shape index (κ1) is 13.5. The summed E-state index contributed by atoms with van der Waals surface area (Å²) in [7, 11) is 0. The highest BCUT2D eigenvalue weighted by molar-refractivity contribution is 7.10. The van der Waals surface area contributed by atoms with E-state index >= 15 is 0 Å². The fourth-order valence-electron chi connectivity index (χ4n) is 2.08. The van der Waals surface area contributed by atoms with E-state index in [4.69, 9.17) is 0 Å². The average molecular weight is 294 g/mol. The standard InChI is InChI=1S/C17H14N2OS/c1-12-7-9-14-15(18-12)5-2-6-16(14)19-17(20)10-8-13-4-3-11-21-13/h2-11H,1H3,(H,19,20)/b10-8+. The van der Waals surface area contributed by atoms with Crippen molar-refractivity contribution in [1.29, 1.82) is 0 Å². The summed E-state index contributed by atoms with van der Waals surface area (Å²) in [5.41, 5.74) is 2.62. The highest BCUT2D eigenvalue weighted by Gasteiger charge is 2.04. The van der Waals surface area contributed by atoms with Gasteiger partial charge in [-0.1, -0.05) is 12.1 Å². The van der Waals surface area contributed by atoms with E-state index in [1.807, 2.05) is 60.8 Å². The highest BCUT2D eigenvalue weighted by atomic mass is 32.1. The molecule has 0 aliphatic rings. The van der Waals surface area contributed by atoms with Crippen LogP contribution in [0.3, 0.4) is 0 Å². The number of amides is 1. The van der Waals surface area contributed by atoms with Crippen molar-refractivity contribution in [2.75, 3.05) is 5.32 Å². The number of nitrogens with zero attached hydrogens (tertiary/aromatic N) is 1. The Morgan fingerprint density at radius 2 is 2.10 bits per heavy atom. The molecule has 2 heterocycles. The maximum atomic E-state index is 12.0. The van der Waals surface area contributed by atoms with Gasteiger partial charge in [0.15, 0.2) is 0 Å². The second-order valence-electron chi connectivity index (χ2n) is 4.66. The Balaban J connectivity index is 1.83. The number of benzene rings is 1. The van der Waals surface area contributed by atoms with Gasteiger partial charge in [-0.05, 0) is 48.7 Å². The van der Waals surface area contributed by atoms with Crippen molar-refractivity contribution in [3.8, 4) is 0 Å². The minimum Gasteiger partial charge on any atom is -0.322 e. The lowest BCUT2D eigenvalue weighted by atomic mass is 10.1. The summed E-state index contributed by atoms with van der Waals surface area (Å²) in [6.45, 7) is 1.95. The summed E-state index contributed by atoms with van der Waals surface area (Å²) in [6.07, 6.45) is 3.36. The van der Waals surface area contributed by atoms with Crippen molar-refractivity contribution in [1.82, 2.24) is 4.98 Å². The molecular formula is C17H14N2OS. The molecule has 0 fully saturated rings. The molecule has 0 atom stereocenters. The van der Waals surface area contributed by atoms with E-state index in [1.54, 1.807) is 17.4 Å². The Morgan fingerprint density at radius 3 is 2.90 bits per heavy atom. The molecule has 0 unspecified atom stereocenters. The molecule has 3 aromatic rings. The summed E-state index contributed by atoms with van der Waals surface area (Å²) >= 11 is 1.60. The van der Waals surface area contributed by atoms with Gasteiger partial charge in [0.1, 0.15) is 0 Å². The maximum Gasteiger partial charge on any atom is 0.248 e. The molecule has 3 nitrogen and oxygen atoms in total. The van der Waals surface area contributed by atoms with Gasteiger partial charge in [-0.3, -0.25) is 9.78 Å². The van der Waals surface area contributed by atoms with Gasteiger partial charge in [-0.25, -0.2) is 0 Å². The number of thiophene rings is 1. The van der Waals surface area contributed by atoms with Crippen LogP contribution in [-0.2, 0) is 4.79 Å². The fraction of sp³-hybridized carbons (Fsp3) is 0.0588. The number of aromatic nitrogens is 1. The van der Waals surface area contributed by atoms with Crippen molar-refractivity contribution in [2.24, 2.45) is 0 Å². The van der Waals surface area contributed by atoms with Crippen LogP contribution in [0, 0.1) is 6.92 Å². The van der Waals surface area contributed by atoms with Crippen molar-refractivity contribution in [3.05, 3.63) is 64.5 Å². The number of anilines is 1. The smallest absolute Gasteiger partial charge is 0.248 e. The zero-order chi connectivity index (χ0) is 14.7. The van der Waals surface area contributed by atoms with E-state index in [1.165, 1.54) is 0 Å². The van der Waals surface area contributed by atoms with Crippen LogP contribution < -0.4 is 5.32 Å². The number of aryl methyl sites for hydroxylation is 1. The fourth-order valence-corrected chi connectivity index (χ4v) is 2.70. The quantitative estimate of drug-likeness (QED) is 0.733. The molecule has 0 spiro atoms. The number of hydrogen-bond donors (Lipinski definition) is 1. The molecule has 1 amide bonds. The Labute approximate surface area is 127 Å². The van der Waals surface area contributed by atoms with Gasteiger partial charge >= 0.3 is 0 Å². The first-order valence-electron chi connectivity index (χ1n) is 6.61. The number of fused-ring (bicyclic) bond motifs is 1. The normalized spacial score (nSPS) is 11.1. The van der Waals surface area contributed by atoms with Gasteiger partial charge < -0.3 is 5.32 Å².